The Balaban J connectivity index is 2.66. The number of carboxylic acid groups (broad SMARTS) is 1. The summed E-state index contributed by atoms with van der Waals surface area (Å²) in [4.78, 5) is 10.6. The number of carbonyl (C=O) groups is 1. The van der Waals surface area contributed by atoms with Crippen molar-refractivity contribution in [3.63, 3.8) is 0 Å². The molecule has 2 N–H and O–H groups in total. The zero-order chi connectivity index (χ0) is 12.8. The lowest BCUT2D eigenvalue weighted by molar-refractivity contribution is -0.132. The molecule has 1 aromatic carbocycles. The van der Waals surface area contributed by atoms with Crippen molar-refractivity contribution in [2.24, 2.45) is 0 Å². The highest BCUT2D eigenvalue weighted by Crippen LogP contribution is 2.24. The zero-order valence-corrected chi connectivity index (χ0v) is 10.1. The van der Waals surface area contributed by atoms with E-state index in [-0.39, 0.29) is 18.2 Å². The third kappa shape index (κ3) is 3.60. The average molecular weight is 235 g/mol. The van der Waals surface area contributed by atoms with Crippen molar-refractivity contribution in [2.45, 2.75) is 13.0 Å². The summed E-state index contributed by atoms with van der Waals surface area (Å²) in [6.07, 6.45) is 0. The molecule has 4 heteroatoms. The van der Waals surface area contributed by atoms with Crippen LogP contribution in [0.4, 0.5) is 0 Å². The first-order chi connectivity index (χ1) is 8.06. The predicted octanol–water partition coefficient (Wildman–Crippen LogP) is 1.99. The van der Waals surface area contributed by atoms with E-state index in [1.807, 2.05) is 31.2 Å². The second-order valence-electron chi connectivity index (χ2n) is 3.75. The summed E-state index contributed by atoms with van der Waals surface area (Å²) in [5.41, 5.74) is 1.14. The van der Waals surface area contributed by atoms with Gasteiger partial charge in [-0.3, -0.25) is 0 Å². The average Bonchev–Trinajstić information content (AvgIpc) is 2.35. The number of benzene rings is 1. The molecule has 92 valence electrons. The Hall–Kier alpha value is -1.81. The standard InChI is InChI=1S/C13H17NO3/c1-9(13(15)16)8-14-10(2)11-6-4-5-7-12(11)17-3/h4-7,10,14H,1,8H2,2-3H3,(H,15,16)/t10-/m1/s1. The summed E-state index contributed by atoms with van der Waals surface area (Å²) in [5, 5.41) is 11.8. The molecule has 1 atom stereocenters. The van der Waals surface area contributed by atoms with Crippen LogP contribution in [0.2, 0.25) is 0 Å². The van der Waals surface area contributed by atoms with Gasteiger partial charge in [-0.25, -0.2) is 4.79 Å². The number of hydrogen-bond acceptors (Lipinski definition) is 3. The number of rotatable bonds is 6. The Morgan fingerprint density at radius 1 is 1.53 bits per heavy atom. The van der Waals surface area contributed by atoms with Crippen LogP contribution in [0.15, 0.2) is 36.4 Å². The van der Waals surface area contributed by atoms with Gasteiger partial charge in [-0.1, -0.05) is 24.8 Å². The SMILES string of the molecule is C=C(CN[C@H](C)c1ccccc1OC)C(=O)O. The molecule has 0 saturated carbocycles. The van der Waals surface area contributed by atoms with Crippen LogP contribution in [0, 0.1) is 0 Å². The molecule has 0 aliphatic carbocycles. The number of carboxylic acids is 1. The van der Waals surface area contributed by atoms with Gasteiger partial charge < -0.3 is 15.2 Å². The van der Waals surface area contributed by atoms with E-state index >= 15 is 0 Å². The molecule has 17 heavy (non-hydrogen) atoms. The quantitative estimate of drug-likeness (QED) is 0.740. The van der Waals surface area contributed by atoms with E-state index in [1.54, 1.807) is 7.11 Å². The van der Waals surface area contributed by atoms with Gasteiger partial charge in [0, 0.05) is 23.7 Å². The Morgan fingerprint density at radius 3 is 2.76 bits per heavy atom. The molecule has 0 spiro atoms. The van der Waals surface area contributed by atoms with E-state index in [4.69, 9.17) is 9.84 Å². The molecule has 0 unspecified atom stereocenters. The van der Waals surface area contributed by atoms with E-state index in [2.05, 4.69) is 11.9 Å². The van der Waals surface area contributed by atoms with Crippen LogP contribution in [0.5, 0.6) is 5.75 Å². The van der Waals surface area contributed by atoms with Gasteiger partial charge >= 0.3 is 5.97 Å². The first-order valence-electron chi connectivity index (χ1n) is 5.33. The molecule has 0 radical (unpaired) electrons. The van der Waals surface area contributed by atoms with Crippen molar-refractivity contribution in [1.29, 1.82) is 0 Å². The van der Waals surface area contributed by atoms with Gasteiger partial charge in [-0.2, -0.15) is 0 Å². The van der Waals surface area contributed by atoms with Crippen LogP contribution < -0.4 is 10.1 Å². The van der Waals surface area contributed by atoms with Crippen LogP contribution in [0.1, 0.15) is 18.5 Å². The summed E-state index contributed by atoms with van der Waals surface area (Å²) in [5.74, 6) is -0.196. The van der Waals surface area contributed by atoms with Gasteiger partial charge in [0.2, 0.25) is 0 Å². The fourth-order valence-electron chi connectivity index (χ4n) is 1.49. The summed E-state index contributed by atoms with van der Waals surface area (Å²) in [6.45, 7) is 5.67. The Labute approximate surface area is 101 Å². The van der Waals surface area contributed by atoms with Crippen molar-refractivity contribution in [3.8, 4) is 5.75 Å². The van der Waals surface area contributed by atoms with E-state index in [1.165, 1.54) is 0 Å². The molecule has 1 rings (SSSR count). The lowest BCUT2D eigenvalue weighted by Crippen LogP contribution is -2.24. The summed E-state index contributed by atoms with van der Waals surface area (Å²) >= 11 is 0. The second kappa shape index (κ2) is 6.06. The number of nitrogens with one attached hydrogen (secondary N) is 1. The lowest BCUT2D eigenvalue weighted by atomic mass is 10.1. The molecule has 0 bridgehead atoms. The minimum atomic E-state index is -0.982. The monoisotopic (exact) mass is 235 g/mol. The topological polar surface area (TPSA) is 58.6 Å². The van der Waals surface area contributed by atoms with E-state index in [0.29, 0.717) is 0 Å². The summed E-state index contributed by atoms with van der Waals surface area (Å²) in [7, 11) is 1.61. The van der Waals surface area contributed by atoms with Crippen LogP contribution >= 0.6 is 0 Å². The Bertz CT molecular complexity index is 415. The highest BCUT2D eigenvalue weighted by Gasteiger charge is 2.11. The number of hydrogen-bond donors (Lipinski definition) is 2. The fourth-order valence-corrected chi connectivity index (χ4v) is 1.49. The lowest BCUT2D eigenvalue weighted by Gasteiger charge is -2.17. The highest BCUT2D eigenvalue weighted by atomic mass is 16.5. The molecule has 0 aromatic heterocycles. The molecular weight excluding hydrogens is 218 g/mol. The van der Waals surface area contributed by atoms with Gasteiger partial charge in [0.1, 0.15) is 5.75 Å². The van der Waals surface area contributed by atoms with Gasteiger partial charge in [-0.15, -0.1) is 0 Å². The molecule has 0 aliphatic heterocycles. The second-order valence-corrected chi connectivity index (χ2v) is 3.75. The van der Waals surface area contributed by atoms with E-state index < -0.39 is 5.97 Å². The van der Waals surface area contributed by atoms with Crippen molar-refractivity contribution in [3.05, 3.63) is 42.0 Å². The third-order valence-corrected chi connectivity index (χ3v) is 2.53. The molecule has 1 aromatic rings. The van der Waals surface area contributed by atoms with Crippen LogP contribution in [-0.2, 0) is 4.79 Å². The minimum Gasteiger partial charge on any atom is -0.496 e. The highest BCUT2D eigenvalue weighted by molar-refractivity contribution is 5.86. The molecule has 0 heterocycles. The third-order valence-electron chi connectivity index (χ3n) is 2.53. The predicted molar refractivity (Wildman–Crippen MR) is 66.2 cm³/mol. The molecule has 0 amide bonds. The molecule has 0 saturated heterocycles. The van der Waals surface area contributed by atoms with Gasteiger partial charge in [0.05, 0.1) is 7.11 Å². The number of methoxy groups -OCH3 is 1. The van der Waals surface area contributed by atoms with E-state index in [9.17, 15) is 4.79 Å². The molecule has 4 nitrogen and oxygen atoms in total. The van der Waals surface area contributed by atoms with Crippen molar-refractivity contribution < 1.29 is 14.6 Å². The van der Waals surface area contributed by atoms with Gasteiger partial charge in [0.15, 0.2) is 0 Å². The summed E-state index contributed by atoms with van der Waals surface area (Å²) in [6, 6.07) is 7.63. The first kappa shape index (κ1) is 13.3. The molecular formula is C13H17NO3. The normalized spacial score (nSPS) is 11.9. The van der Waals surface area contributed by atoms with Crippen LogP contribution in [0.25, 0.3) is 0 Å². The minimum absolute atomic E-state index is 0.00208. The first-order valence-corrected chi connectivity index (χ1v) is 5.33. The molecule has 0 aliphatic rings. The smallest absolute Gasteiger partial charge is 0.332 e. The van der Waals surface area contributed by atoms with Gasteiger partial charge in [0.25, 0.3) is 0 Å². The van der Waals surface area contributed by atoms with Gasteiger partial charge in [-0.05, 0) is 13.0 Å². The number of aliphatic carboxylic acids is 1. The van der Waals surface area contributed by atoms with Crippen molar-refractivity contribution in [1.82, 2.24) is 5.32 Å². The maximum atomic E-state index is 10.6. The van der Waals surface area contributed by atoms with Crippen LogP contribution in [-0.4, -0.2) is 24.7 Å². The van der Waals surface area contributed by atoms with Crippen molar-refractivity contribution >= 4 is 5.97 Å². The number of para-hydroxylation sites is 1. The summed E-state index contributed by atoms with van der Waals surface area (Å²) < 4.78 is 5.24. The van der Waals surface area contributed by atoms with Crippen molar-refractivity contribution in [2.75, 3.05) is 13.7 Å². The maximum absolute atomic E-state index is 10.6. The maximum Gasteiger partial charge on any atom is 0.332 e. The number of ether oxygens (including phenoxy) is 1. The zero-order valence-electron chi connectivity index (χ0n) is 10.1. The largest absolute Gasteiger partial charge is 0.496 e. The Kier molecular flexibility index (Phi) is 4.72. The molecule has 0 fully saturated rings. The van der Waals surface area contributed by atoms with Crippen LogP contribution in [0.3, 0.4) is 0 Å². The Morgan fingerprint density at radius 2 is 2.18 bits per heavy atom. The fraction of sp³-hybridized carbons (Fsp3) is 0.308. The van der Waals surface area contributed by atoms with E-state index in [0.717, 1.165) is 11.3 Å².